The minimum atomic E-state index is 0.203. The average Bonchev–Trinajstić information content (AvgIpc) is 2.48. The topological polar surface area (TPSA) is 21.7 Å². The normalized spacial score (nSPS) is 42.7. The quantitative estimate of drug-likeness (QED) is 0.707. The first-order chi connectivity index (χ1) is 8.90. The zero-order valence-electron chi connectivity index (χ0n) is 10.8. The van der Waals surface area contributed by atoms with Crippen LogP contribution in [0.4, 0.5) is 0 Å². The minimum Gasteiger partial charge on any atom is -0.493 e. The van der Waals surface area contributed by atoms with Gasteiger partial charge in [0.1, 0.15) is 18.5 Å². The van der Waals surface area contributed by atoms with E-state index < -0.39 is 0 Å². The molecule has 0 amide bonds. The largest absolute Gasteiger partial charge is 0.493 e. The fraction of sp³-hybridized carbons (Fsp3) is 0.733. The molecule has 5 aliphatic rings. The molecule has 2 bridgehead atoms. The Hall–Kier alpha value is -0.800. The Balaban J connectivity index is 1.55. The van der Waals surface area contributed by atoms with E-state index in [-0.39, 0.29) is 6.10 Å². The van der Waals surface area contributed by atoms with Crippen LogP contribution in [0.5, 0.6) is 0 Å². The van der Waals surface area contributed by atoms with E-state index in [1.54, 1.807) is 5.57 Å². The molecule has 2 unspecified atom stereocenters. The van der Waals surface area contributed by atoms with Gasteiger partial charge in [0.05, 0.1) is 6.61 Å². The highest BCUT2D eigenvalue weighted by Gasteiger charge is 2.38. The van der Waals surface area contributed by atoms with E-state index in [1.165, 1.54) is 32.5 Å². The van der Waals surface area contributed by atoms with E-state index in [9.17, 15) is 0 Å². The lowest BCUT2D eigenvalue weighted by Gasteiger charge is -2.46. The molecular weight excluding hydrogens is 226 g/mol. The van der Waals surface area contributed by atoms with Crippen molar-refractivity contribution in [3.8, 4) is 0 Å². The Labute approximate surface area is 108 Å². The molecular formula is C15H21NO2. The molecule has 98 valence electrons. The van der Waals surface area contributed by atoms with Crippen LogP contribution in [0, 0.1) is 11.8 Å². The van der Waals surface area contributed by atoms with Gasteiger partial charge in [0.15, 0.2) is 0 Å². The van der Waals surface area contributed by atoms with Crippen LogP contribution in [0.25, 0.3) is 0 Å². The Morgan fingerprint density at radius 2 is 2.00 bits per heavy atom. The van der Waals surface area contributed by atoms with Crippen LogP contribution in [0.2, 0.25) is 0 Å². The fourth-order valence-electron chi connectivity index (χ4n) is 3.97. The molecule has 4 saturated heterocycles. The van der Waals surface area contributed by atoms with Gasteiger partial charge in [-0.3, -0.25) is 0 Å². The summed E-state index contributed by atoms with van der Waals surface area (Å²) in [6, 6.07) is 0. The van der Waals surface area contributed by atoms with Crippen molar-refractivity contribution in [3.05, 3.63) is 23.5 Å². The Kier molecular flexibility index (Phi) is 2.70. The van der Waals surface area contributed by atoms with Gasteiger partial charge in [0.25, 0.3) is 0 Å². The highest BCUT2D eigenvalue weighted by atomic mass is 16.6. The summed E-state index contributed by atoms with van der Waals surface area (Å²) in [5.41, 5.74) is 1.60. The second-order valence-corrected chi connectivity index (χ2v) is 5.97. The van der Waals surface area contributed by atoms with Crippen molar-refractivity contribution in [2.75, 3.05) is 32.8 Å². The van der Waals surface area contributed by atoms with Gasteiger partial charge >= 0.3 is 0 Å². The molecule has 4 fully saturated rings. The van der Waals surface area contributed by atoms with E-state index in [2.05, 4.69) is 17.1 Å². The van der Waals surface area contributed by atoms with Crippen molar-refractivity contribution in [1.82, 2.24) is 4.90 Å². The van der Waals surface area contributed by atoms with Crippen molar-refractivity contribution >= 4 is 0 Å². The molecule has 2 atom stereocenters. The summed E-state index contributed by atoms with van der Waals surface area (Å²) < 4.78 is 11.5. The van der Waals surface area contributed by atoms with Crippen molar-refractivity contribution in [2.24, 2.45) is 11.8 Å². The third kappa shape index (κ3) is 1.81. The first kappa shape index (κ1) is 11.1. The Bertz CT molecular complexity index is 393. The van der Waals surface area contributed by atoms with E-state index in [0.717, 1.165) is 30.6 Å². The lowest BCUT2D eigenvalue weighted by Crippen LogP contribution is -2.48. The first-order valence-electron chi connectivity index (χ1n) is 7.27. The van der Waals surface area contributed by atoms with Gasteiger partial charge in [0.2, 0.25) is 0 Å². The predicted octanol–water partition coefficient (Wildman–Crippen LogP) is 1.96. The summed E-state index contributed by atoms with van der Waals surface area (Å²) in [5, 5.41) is 0. The Morgan fingerprint density at radius 3 is 2.78 bits per heavy atom. The van der Waals surface area contributed by atoms with Gasteiger partial charge in [0, 0.05) is 13.0 Å². The van der Waals surface area contributed by atoms with E-state index in [1.807, 2.05) is 0 Å². The van der Waals surface area contributed by atoms with E-state index in [4.69, 9.17) is 9.47 Å². The SMILES string of the molecule is C1=C2OCCOC2CC(C2CN3CCC2CC3)=C1. The summed E-state index contributed by atoms with van der Waals surface area (Å²) in [4.78, 5) is 2.63. The highest BCUT2D eigenvalue weighted by Crippen LogP contribution is 2.40. The molecule has 3 heteroatoms. The van der Waals surface area contributed by atoms with Gasteiger partial charge in [-0.2, -0.15) is 0 Å². The summed E-state index contributed by atoms with van der Waals surface area (Å²) in [5.74, 6) is 2.74. The second kappa shape index (κ2) is 4.39. The van der Waals surface area contributed by atoms with Crippen LogP contribution in [0.15, 0.2) is 23.5 Å². The third-order valence-corrected chi connectivity index (χ3v) is 5.00. The highest BCUT2D eigenvalue weighted by molar-refractivity contribution is 5.28. The molecule has 0 saturated carbocycles. The van der Waals surface area contributed by atoms with Crippen molar-refractivity contribution in [2.45, 2.75) is 25.4 Å². The maximum absolute atomic E-state index is 5.84. The number of hydrogen-bond acceptors (Lipinski definition) is 3. The van der Waals surface area contributed by atoms with Crippen molar-refractivity contribution in [3.63, 3.8) is 0 Å². The summed E-state index contributed by atoms with van der Waals surface area (Å²) >= 11 is 0. The fourth-order valence-corrected chi connectivity index (χ4v) is 3.97. The molecule has 0 aromatic rings. The van der Waals surface area contributed by atoms with Gasteiger partial charge in [-0.1, -0.05) is 11.6 Å². The molecule has 0 N–H and O–H groups in total. The molecule has 4 heterocycles. The summed E-state index contributed by atoms with van der Waals surface area (Å²) in [7, 11) is 0. The van der Waals surface area contributed by atoms with Crippen LogP contribution >= 0.6 is 0 Å². The van der Waals surface area contributed by atoms with Gasteiger partial charge in [-0.25, -0.2) is 0 Å². The number of nitrogens with zero attached hydrogens (tertiary/aromatic N) is 1. The third-order valence-electron chi connectivity index (χ3n) is 5.00. The lowest BCUT2D eigenvalue weighted by molar-refractivity contribution is -0.0455. The maximum atomic E-state index is 5.84. The predicted molar refractivity (Wildman–Crippen MR) is 69.1 cm³/mol. The molecule has 1 aliphatic carbocycles. The second-order valence-electron chi connectivity index (χ2n) is 5.97. The first-order valence-corrected chi connectivity index (χ1v) is 7.27. The number of allylic oxidation sites excluding steroid dienone is 2. The molecule has 0 radical (unpaired) electrons. The number of ether oxygens (including phenoxy) is 2. The van der Waals surface area contributed by atoms with Crippen molar-refractivity contribution in [1.29, 1.82) is 0 Å². The standard InChI is InChI=1S/C15H21NO2/c1-2-14-15(18-8-7-17-14)9-12(1)13-10-16-5-3-11(13)4-6-16/h1-2,11,13,15H,3-10H2. The van der Waals surface area contributed by atoms with Crippen LogP contribution in [-0.4, -0.2) is 43.9 Å². The summed E-state index contributed by atoms with van der Waals surface area (Å²) in [6.45, 7) is 5.37. The van der Waals surface area contributed by atoms with Gasteiger partial charge in [-0.15, -0.1) is 0 Å². The van der Waals surface area contributed by atoms with Crippen LogP contribution in [0.3, 0.4) is 0 Å². The summed E-state index contributed by atoms with van der Waals surface area (Å²) in [6.07, 6.45) is 8.50. The Morgan fingerprint density at radius 1 is 1.11 bits per heavy atom. The smallest absolute Gasteiger partial charge is 0.125 e. The zero-order chi connectivity index (χ0) is 11.9. The van der Waals surface area contributed by atoms with Crippen LogP contribution < -0.4 is 0 Å². The molecule has 5 rings (SSSR count). The molecule has 3 nitrogen and oxygen atoms in total. The maximum Gasteiger partial charge on any atom is 0.125 e. The number of piperidine rings is 3. The van der Waals surface area contributed by atoms with Gasteiger partial charge in [-0.05, 0) is 43.8 Å². The molecule has 0 aromatic heterocycles. The van der Waals surface area contributed by atoms with Gasteiger partial charge < -0.3 is 14.4 Å². The van der Waals surface area contributed by atoms with E-state index >= 15 is 0 Å². The molecule has 0 spiro atoms. The number of fused-ring (bicyclic) bond motifs is 4. The van der Waals surface area contributed by atoms with Crippen molar-refractivity contribution < 1.29 is 9.47 Å². The molecule has 4 aliphatic heterocycles. The van der Waals surface area contributed by atoms with E-state index in [0.29, 0.717) is 6.61 Å². The van der Waals surface area contributed by atoms with Crippen LogP contribution in [0.1, 0.15) is 19.3 Å². The minimum absolute atomic E-state index is 0.203. The zero-order valence-corrected chi connectivity index (χ0v) is 10.8. The average molecular weight is 247 g/mol. The van der Waals surface area contributed by atoms with Crippen LogP contribution in [-0.2, 0) is 9.47 Å². The number of rotatable bonds is 1. The molecule has 18 heavy (non-hydrogen) atoms. The lowest BCUT2D eigenvalue weighted by atomic mass is 9.73. The monoisotopic (exact) mass is 247 g/mol. The molecule has 0 aromatic carbocycles. The number of hydrogen-bond donors (Lipinski definition) is 0.